The highest BCUT2D eigenvalue weighted by molar-refractivity contribution is 6.01. The maximum absolute atomic E-state index is 12.0. The fourth-order valence-electron chi connectivity index (χ4n) is 2.49. The Balaban J connectivity index is 1.60. The van der Waals surface area contributed by atoms with E-state index in [2.05, 4.69) is 0 Å². The van der Waals surface area contributed by atoms with Gasteiger partial charge in [0, 0.05) is 12.8 Å². The summed E-state index contributed by atoms with van der Waals surface area (Å²) in [6.07, 6.45) is 0.888. The average Bonchev–Trinajstić information content (AvgIpc) is 3.24. The number of hydrogen-bond donors (Lipinski definition) is 0. The van der Waals surface area contributed by atoms with Crippen LogP contribution in [0.1, 0.15) is 30.7 Å². The van der Waals surface area contributed by atoms with Crippen molar-refractivity contribution in [2.45, 2.75) is 25.2 Å². The van der Waals surface area contributed by atoms with Crippen LogP contribution in [0, 0.1) is 5.92 Å². The second-order valence-corrected chi connectivity index (χ2v) is 5.21. The van der Waals surface area contributed by atoms with Crippen molar-refractivity contribution in [3.63, 3.8) is 0 Å². The van der Waals surface area contributed by atoms with E-state index in [4.69, 9.17) is 9.57 Å². The monoisotopic (exact) mass is 289 g/mol. The number of nitrogens with zero attached hydrogens (tertiary/aromatic N) is 1. The van der Waals surface area contributed by atoms with E-state index in [0.29, 0.717) is 11.5 Å². The normalized spacial score (nSPS) is 24.1. The van der Waals surface area contributed by atoms with E-state index in [1.165, 1.54) is 0 Å². The highest BCUT2D eigenvalue weighted by atomic mass is 16.7. The third kappa shape index (κ3) is 2.61. The smallest absolute Gasteiger partial charge is 0.336 e. The quantitative estimate of drug-likeness (QED) is 0.783. The molecule has 6 heteroatoms. The Labute approximate surface area is 121 Å². The molecule has 1 aliphatic heterocycles. The lowest BCUT2D eigenvalue weighted by atomic mass is 10.1. The van der Waals surface area contributed by atoms with E-state index in [-0.39, 0.29) is 24.7 Å². The van der Waals surface area contributed by atoms with Crippen molar-refractivity contribution in [3.05, 3.63) is 29.8 Å². The van der Waals surface area contributed by atoms with Crippen molar-refractivity contribution in [1.82, 2.24) is 5.06 Å². The van der Waals surface area contributed by atoms with Crippen LogP contribution in [0.25, 0.3) is 0 Å². The van der Waals surface area contributed by atoms with Crippen LogP contribution in [0.2, 0.25) is 0 Å². The molecule has 3 rings (SSSR count). The number of benzene rings is 1. The van der Waals surface area contributed by atoms with E-state index >= 15 is 0 Å². The summed E-state index contributed by atoms with van der Waals surface area (Å²) >= 11 is 0. The van der Waals surface area contributed by atoms with Crippen molar-refractivity contribution < 1.29 is 24.0 Å². The zero-order valence-electron chi connectivity index (χ0n) is 11.6. The molecule has 1 aliphatic carbocycles. The first kappa shape index (κ1) is 13.6. The number of imide groups is 1. The number of carbonyl (C=O) groups excluding carboxylic acids is 3. The van der Waals surface area contributed by atoms with Crippen LogP contribution in [-0.4, -0.2) is 30.0 Å². The predicted octanol–water partition coefficient (Wildman–Crippen LogP) is 1.41. The molecule has 21 heavy (non-hydrogen) atoms. The van der Waals surface area contributed by atoms with Gasteiger partial charge in [0.1, 0.15) is 5.75 Å². The SMILES string of the molecule is COc1ccc([C@H]2C[C@@H]2C(=O)ON2C(=O)CCC2=O)cc1. The van der Waals surface area contributed by atoms with Crippen LogP contribution in [0.3, 0.4) is 0 Å². The second kappa shape index (κ2) is 5.20. The summed E-state index contributed by atoms with van der Waals surface area (Å²) in [5.74, 6) is -0.869. The number of carbonyl (C=O) groups is 3. The molecule has 1 aromatic rings. The maximum atomic E-state index is 12.0. The van der Waals surface area contributed by atoms with E-state index in [1.54, 1.807) is 7.11 Å². The number of hydroxylamine groups is 2. The summed E-state index contributed by atoms with van der Waals surface area (Å²) in [4.78, 5) is 39.7. The van der Waals surface area contributed by atoms with Gasteiger partial charge in [-0.2, -0.15) is 0 Å². The Morgan fingerprint density at radius 2 is 1.76 bits per heavy atom. The van der Waals surface area contributed by atoms with E-state index in [1.807, 2.05) is 24.3 Å². The molecule has 0 spiro atoms. The first-order chi connectivity index (χ1) is 10.1. The van der Waals surface area contributed by atoms with Crippen molar-refractivity contribution in [2.75, 3.05) is 7.11 Å². The average molecular weight is 289 g/mol. The molecule has 2 aliphatic rings. The van der Waals surface area contributed by atoms with Crippen molar-refractivity contribution in [1.29, 1.82) is 0 Å². The van der Waals surface area contributed by atoms with E-state index in [0.717, 1.165) is 11.3 Å². The van der Waals surface area contributed by atoms with Crippen LogP contribution in [0.4, 0.5) is 0 Å². The van der Waals surface area contributed by atoms with Gasteiger partial charge in [-0.25, -0.2) is 4.79 Å². The number of rotatable bonds is 4. The molecule has 0 bridgehead atoms. The summed E-state index contributed by atoms with van der Waals surface area (Å²) in [6.45, 7) is 0. The number of ether oxygens (including phenoxy) is 1. The molecule has 6 nitrogen and oxygen atoms in total. The molecule has 2 amide bonds. The van der Waals surface area contributed by atoms with Gasteiger partial charge in [-0.3, -0.25) is 9.59 Å². The summed E-state index contributed by atoms with van der Waals surface area (Å²) in [5, 5.41) is 0.603. The minimum atomic E-state index is -0.514. The zero-order valence-corrected chi connectivity index (χ0v) is 11.6. The van der Waals surface area contributed by atoms with Crippen LogP contribution in [-0.2, 0) is 19.2 Å². The van der Waals surface area contributed by atoms with Gasteiger partial charge in [0.15, 0.2) is 0 Å². The van der Waals surface area contributed by atoms with Crippen molar-refractivity contribution >= 4 is 17.8 Å². The fraction of sp³-hybridized carbons (Fsp3) is 0.400. The molecule has 1 aromatic carbocycles. The Morgan fingerprint density at radius 1 is 1.14 bits per heavy atom. The Kier molecular flexibility index (Phi) is 3.37. The fourth-order valence-corrected chi connectivity index (χ4v) is 2.49. The van der Waals surface area contributed by atoms with Crippen LogP contribution in [0.5, 0.6) is 5.75 Å². The molecule has 1 saturated heterocycles. The topological polar surface area (TPSA) is 72.9 Å². The molecule has 1 saturated carbocycles. The van der Waals surface area contributed by atoms with Gasteiger partial charge in [0.2, 0.25) is 0 Å². The summed E-state index contributed by atoms with van der Waals surface area (Å²) < 4.78 is 5.08. The first-order valence-electron chi connectivity index (χ1n) is 6.81. The molecule has 0 aromatic heterocycles. The standard InChI is InChI=1S/C15H15NO5/c1-20-10-4-2-9(3-5-10)11-8-12(11)15(19)21-16-13(17)6-7-14(16)18/h2-5,11-12H,6-8H2,1H3/t11-,12+/m1/s1. The highest BCUT2D eigenvalue weighted by Crippen LogP contribution is 2.48. The van der Waals surface area contributed by atoms with Crippen LogP contribution in [0.15, 0.2) is 24.3 Å². The van der Waals surface area contributed by atoms with E-state index < -0.39 is 17.8 Å². The molecular weight excluding hydrogens is 274 g/mol. The van der Waals surface area contributed by atoms with Crippen LogP contribution >= 0.6 is 0 Å². The number of methoxy groups -OCH3 is 1. The molecule has 1 heterocycles. The van der Waals surface area contributed by atoms with Gasteiger partial charge < -0.3 is 9.57 Å². The van der Waals surface area contributed by atoms with Gasteiger partial charge >= 0.3 is 5.97 Å². The molecular formula is C15H15NO5. The summed E-state index contributed by atoms with van der Waals surface area (Å²) in [7, 11) is 1.59. The second-order valence-electron chi connectivity index (χ2n) is 5.21. The van der Waals surface area contributed by atoms with Gasteiger partial charge in [0.25, 0.3) is 11.8 Å². The Bertz CT molecular complexity index is 579. The summed E-state index contributed by atoms with van der Waals surface area (Å²) in [6, 6.07) is 7.49. The lowest BCUT2D eigenvalue weighted by Crippen LogP contribution is -2.32. The summed E-state index contributed by atoms with van der Waals surface area (Å²) in [5.41, 5.74) is 1.02. The lowest BCUT2D eigenvalue weighted by Gasteiger charge is -2.12. The Morgan fingerprint density at radius 3 is 2.33 bits per heavy atom. The minimum absolute atomic E-state index is 0.0798. The molecule has 110 valence electrons. The maximum Gasteiger partial charge on any atom is 0.336 e. The Hall–Kier alpha value is -2.37. The highest BCUT2D eigenvalue weighted by Gasteiger charge is 2.47. The molecule has 0 N–H and O–H groups in total. The zero-order chi connectivity index (χ0) is 15.0. The number of amides is 2. The van der Waals surface area contributed by atoms with E-state index in [9.17, 15) is 14.4 Å². The van der Waals surface area contributed by atoms with Gasteiger partial charge in [-0.1, -0.05) is 12.1 Å². The molecule has 0 radical (unpaired) electrons. The van der Waals surface area contributed by atoms with Crippen LogP contribution < -0.4 is 4.74 Å². The van der Waals surface area contributed by atoms with Crippen molar-refractivity contribution in [2.24, 2.45) is 5.92 Å². The largest absolute Gasteiger partial charge is 0.497 e. The lowest BCUT2D eigenvalue weighted by molar-refractivity contribution is -0.198. The molecule has 2 atom stereocenters. The van der Waals surface area contributed by atoms with Gasteiger partial charge in [0.05, 0.1) is 13.0 Å². The number of hydrogen-bond acceptors (Lipinski definition) is 5. The molecule has 0 unspecified atom stereocenters. The van der Waals surface area contributed by atoms with Gasteiger partial charge in [-0.05, 0) is 30.0 Å². The van der Waals surface area contributed by atoms with Crippen molar-refractivity contribution in [3.8, 4) is 5.75 Å². The minimum Gasteiger partial charge on any atom is -0.497 e. The third-order valence-corrected chi connectivity index (χ3v) is 3.82. The third-order valence-electron chi connectivity index (χ3n) is 3.82. The first-order valence-corrected chi connectivity index (χ1v) is 6.81. The molecule has 2 fully saturated rings. The predicted molar refractivity (Wildman–Crippen MR) is 71.0 cm³/mol. The van der Waals surface area contributed by atoms with Gasteiger partial charge in [-0.15, -0.1) is 5.06 Å².